The number of thiazole rings is 1. The average Bonchev–Trinajstić information content (AvgIpc) is 2.80. The highest BCUT2D eigenvalue weighted by atomic mass is 32.1. The van der Waals surface area contributed by atoms with E-state index < -0.39 is 0 Å². The van der Waals surface area contributed by atoms with E-state index in [0.717, 1.165) is 21.9 Å². The van der Waals surface area contributed by atoms with E-state index in [1.807, 2.05) is 24.3 Å². The molecule has 2 rings (SSSR count). The number of hydrogen-bond acceptors (Lipinski definition) is 5. The van der Waals surface area contributed by atoms with Gasteiger partial charge in [-0.25, -0.2) is 4.98 Å². The van der Waals surface area contributed by atoms with Crippen molar-refractivity contribution < 1.29 is 4.74 Å². The summed E-state index contributed by atoms with van der Waals surface area (Å²) < 4.78 is 5.12. The summed E-state index contributed by atoms with van der Waals surface area (Å²) in [5.41, 5.74) is 15.9. The first-order valence-electron chi connectivity index (χ1n) is 5.65. The van der Waals surface area contributed by atoms with Crippen molar-refractivity contribution in [2.45, 2.75) is 6.42 Å². The molecule has 0 atom stereocenters. The van der Waals surface area contributed by atoms with Crippen LogP contribution in [0.3, 0.4) is 0 Å². The molecule has 0 unspecified atom stereocenters. The largest absolute Gasteiger partial charge is 0.497 e. The van der Waals surface area contributed by atoms with Crippen LogP contribution in [0.4, 0.5) is 5.13 Å². The van der Waals surface area contributed by atoms with Crippen LogP contribution in [0.2, 0.25) is 0 Å². The number of ether oxygens (including phenoxy) is 1. The first kappa shape index (κ1) is 13.2. The Labute approximate surface area is 114 Å². The molecule has 98 valence electrons. The highest BCUT2D eigenvalue weighted by Gasteiger charge is 2.11. The zero-order chi connectivity index (χ0) is 13.7. The fraction of sp³-hybridized carbons (Fsp3) is 0.250. The van der Waals surface area contributed by atoms with Gasteiger partial charge in [-0.15, -0.1) is 11.3 Å². The van der Waals surface area contributed by atoms with Gasteiger partial charge in [0.25, 0.3) is 0 Å². The summed E-state index contributed by atoms with van der Waals surface area (Å²) in [6.07, 6.45) is 0.639. The first-order valence-corrected chi connectivity index (χ1v) is 6.46. The number of rotatable bonds is 5. The van der Waals surface area contributed by atoms with E-state index in [2.05, 4.69) is 15.0 Å². The van der Waals surface area contributed by atoms with Crippen molar-refractivity contribution >= 4 is 16.5 Å². The van der Waals surface area contributed by atoms with Crippen LogP contribution in [0.1, 0.15) is 4.88 Å². The van der Waals surface area contributed by atoms with Crippen molar-refractivity contribution in [1.82, 2.24) is 4.98 Å². The van der Waals surface area contributed by atoms with Crippen LogP contribution in [0.5, 0.6) is 5.75 Å². The molecular formula is C12H13N5OS. The maximum Gasteiger partial charge on any atom is 0.180 e. The molecule has 0 saturated carbocycles. The molecule has 7 heteroatoms. The van der Waals surface area contributed by atoms with Crippen LogP contribution in [-0.4, -0.2) is 18.6 Å². The van der Waals surface area contributed by atoms with Crippen LogP contribution < -0.4 is 10.5 Å². The summed E-state index contributed by atoms with van der Waals surface area (Å²) in [7, 11) is 1.63. The molecule has 2 N–H and O–H groups in total. The van der Waals surface area contributed by atoms with Gasteiger partial charge in [-0.2, -0.15) is 0 Å². The number of nitrogens with zero attached hydrogens (tertiary/aromatic N) is 4. The van der Waals surface area contributed by atoms with Gasteiger partial charge >= 0.3 is 0 Å². The molecule has 1 aromatic carbocycles. The number of aromatic nitrogens is 1. The minimum Gasteiger partial charge on any atom is -0.497 e. The van der Waals surface area contributed by atoms with E-state index >= 15 is 0 Å². The first-order chi connectivity index (χ1) is 9.24. The number of benzene rings is 1. The summed E-state index contributed by atoms with van der Waals surface area (Å²) in [5, 5.41) is 4.05. The summed E-state index contributed by atoms with van der Waals surface area (Å²) in [6, 6.07) is 7.62. The van der Waals surface area contributed by atoms with Gasteiger partial charge in [-0.1, -0.05) is 5.11 Å². The highest BCUT2D eigenvalue weighted by molar-refractivity contribution is 7.15. The average molecular weight is 275 g/mol. The molecule has 0 radical (unpaired) electrons. The fourth-order valence-electron chi connectivity index (χ4n) is 1.71. The van der Waals surface area contributed by atoms with Gasteiger partial charge in [0.05, 0.1) is 12.8 Å². The number of azide groups is 1. The predicted octanol–water partition coefficient (Wildman–Crippen LogP) is 3.25. The Balaban J connectivity index is 2.29. The van der Waals surface area contributed by atoms with Crippen molar-refractivity contribution in [3.05, 3.63) is 39.6 Å². The van der Waals surface area contributed by atoms with E-state index in [1.165, 1.54) is 11.3 Å². The van der Waals surface area contributed by atoms with Crippen LogP contribution >= 0.6 is 11.3 Å². The summed E-state index contributed by atoms with van der Waals surface area (Å²) >= 11 is 1.42. The van der Waals surface area contributed by atoms with Gasteiger partial charge < -0.3 is 10.5 Å². The molecule has 6 nitrogen and oxygen atoms in total. The molecule has 0 spiro atoms. The second kappa shape index (κ2) is 6.08. The van der Waals surface area contributed by atoms with Gasteiger partial charge in [0, 0.05) is 21.9 Å². The fourth-order valence-corrected chi connectivity index (χ4v) is 2.55. The lowest BCUT2D eigenvalue weighted by molar-refractivity contribution is 0.415. The highest BCUT2D eigenvalue weighted by Crippen LogP contribution is 2.31. The molecule has 0 saturated heterocycles. The second-order valence-corrected chi connectivity index (χ2v) is 4.87. The summed E-state index contributed by atoms with van der Waals surface area (Å²) in [5.74, 6) is 0.794. The van der Waals surface area contributed by atoms with Crippen molar-refractivity contribution in [3.63, 3.8) is 0 Å². The molecule has 0 aliphatic rings. The Hall–Kier alpha value is -2.24. The maximum atomic E-state index is 8.30. The molecule has 0 bridgehead atoms. The normalized spacial score (nSPS) is 9.95. The Kier molecular flexibility index (Phi) is 4.22. The molecule has 19 heavy (non-hydrogen) atoms. The third-order valence-electron chi connectivity index (χ3n) is 2.58. The Morgan fingerprint density at radius 1 is 1.42 bits per heavy atom. The molecule has 2 aromatic rings. The molecule has 0 amide bonds. The van der Waals surface area contributed by atoms with Gasteiger partial charge in [0.15, 0.2) is 5.13 Å². The number of nitrogen functional groups attached to an aromatic ring is 1. The van der Waals surface area contributed by atoms with Crippen LogP contribution in [0.25, 0.3) is 21.7 Å². The van der Waals surface area contributed by atoms with Crippen LogP contribution in [0.15, 0.2) is 29.4 Å². The smallest absolute Gasteiger partial charge is 0.180 e. The molecule has 0 aliphatic heterocycles. The number of methoxy groups -OCH3 is 1. The van der Waals surface area contributed by atoms with Crippen molar-refractivity contribution in [1.29, 1.82) is 0 Å². The lowest BCUT2D eigenvalue weighted by atomic mass is 10.1. The van der Waals surface area contributed by atoms with Gasteiger partial charge in [0.2, 0.25) is 0 Å². The van der Waals surface area contributed by atoms with Gasteiger partial charge in [-0.3, -0.25) is 0 Å². The molecule has 1 aromatic heterocycles. The van der Waals surface area contributed by atoms with Crippen LogP contribution in [-0.2, 0) is 6.42 Å². The maximum absolute atomic E-state index is 8.30. The van der Waals surface area contributed by atoms with E-state index in [4.69, 9.17) is 16.0 Å². The zero-order valence-corrected chi connectivity index (χ0v) is 11.2. The second-order valence-electron chi connectivity index (χ2n) is 3.76. The van der Waals surface area contributed by atoms with E-state index in [-0.39, 0.29) is 0 Å². The van der Waals surface area contributed by atoms with E-state index in [1.54, 1.807) is 7.11 Å². The quantitative estimate of drug-likeness (QED) is 0.515. The van der Waals surface area contributed by atoms with E-state index in [0.29, 0.717) is 18.1 Å². The predicted molar refractivity (Wildman–Crippen MR) is 76.2 cm³/mol. The topological polar surface area (TPSA) is 96.9 Å². The minimum atomic E-state index is 0.404. The van der Waals surface area contributed by atoms with Crippen molar-refractivity contribution in [3.8, 4) is 17.0 Å². The Morgan fingerprint density at radius 2 is 2.16 bits per heavy atom. The number of anilines is 1. The van der Waals surface area contributed by atoms with Crippen molar-refractivity contribution in [2.24, 2.45) is 5.11 Å². The lowest BCUT2D eigenvalue weighted by Crippen LogP contribution is -1.90. The minimum absolute atomic E-state index is 0.404. The molecule has 0 fully saturated rings. The molecule has 0 aliphatic carbocycles. The summed E-state index contributed by atoms with van der Waals surface area (Å²) in [4.78, 5) is 8.10. The lowest BCUT2D eigenvalue weighted by Gasteiger charge is -2.03. The van der Waals surface area contributed by atoms with E-state index in [9.17, 15) is 0 Å². The van der Waals surface area contributed by atoms with Gasteiger partial charge in [0.1, 0.15) is 5.75 Å². The van der Waals surface area contributed by atoms with Crippen LogP contribution in [0, 0.1) is 0 Å². The standard InChI is InChI=1S/C12H13N5OS/c1-18-9-4-2-8(3-5-9)11-10(6-7-15-17-14)19-12(13)16-11/h2-5H,6-7H2,1H3,(H2,13,16). The SMILES string of the molecule is COc1ccc(-c2nc(N)sc2CCN=[N+]=[N-])cc1. The third-order valence-corrected chi connectivity index (χ3v) is 3.52. The summed E-state index contributed by atoms with van der Waals surface area (Å²) in [6.45, 7) is 0.404. The molecule has 1 heterocycles. The zero-order valence-electron chi connectivity index (χ0n) is 10.4. The number of hydrogen-bond donors (Lipinski definition) is 1. The third kappa shape index (κ3) is 3.15. The Bertz CT molecular complexity index is 601. The monoisotopic (exact) mass is 275 g/mol. The number of nitrogens with two attached hydrogens (primary N) is 1. The van der Waals surface area contributed by atoms with Gasteiger partial charge in [-0.05, 0) is 36.2 Å². The Morgan fingerprint density at radius 3 is 2.79 bits per heavy atom. The van der Waals surface area contributed by atoms with Crippen molar-refractivity contribution in [2.75, 3.05) is 19.4 Å². The molecular weight excluding hydrogens is 262 g/mol.